The van der Waals surface area contributed by atoms with Gasteiger partial charge in [0.05, 0.1) is 5.75 Å². The first-order valence-corrected chi connectivity index (χ1v) is 12.8. The molecule has 0 spiro atoms. The molecule has 8 nitrogen and oxygen atoms in total. The molecule has 11 heteroatoms. The van der Waals surface area contributed by atoms with E-state index in [0.717, 1.165) is 17.4 Å². The Morgan fingerprint density at radius 3 is 2.34 bits per heavy atom. The van der Waals surface area contributed by atoms with Crippen molar-refractivity contribution in [3.05, 3.63) is 90.0 Å². The first-order chi connectivity index (χ1) is 18.4. The maximum absolute atomic E-state index is 13.5. The van der Waals surface area contributed by atoms with Gasteiger partial charge in [0.1, 0.15) is 11.6 Å². The van der Waals surface area contributed by atoms with Gasteiger partial charge in [-0.2, -0.15) is 0 Å². The summed E-state index contributed by atoms with van der Waals surface area (Å²) < 4.78 is 32.1. The van der Waals surface area contributed by atoms with Gasteiger partial charge in [0, 0.05) is 48.7 Å². The van der Waals surface area contributed by atoms with Crippen molar-refractivity contribution in [2.45, 2.75) is 5.22 Å². The van der Waals surface area contributed by atoms with E-state index in [9.17, 15) is 18.4 Å². The lowest BCUT2D eigenvalue weighted by Gasteiger charge is -2.36. The number of nitrogens with zero attached hydrogens (tertiary/aromatic N) is 4. The molecule has 1 aliphatic heterocycles. The Bertz CT molecular complexity index is 1420. The van der Waals surface area contributed by atoms with Crippen molar-refractivity contribution >= 4 is 35.0 Å². The number of amides is 2. The highest BCUT2D eigenvalue weighted by Crippen LogP contribution is 2.24. The predicted molar refractivity (Wildman–Crippen MR) is 140 cm³/mol. The van der Waals surface area contributed by atoms with Crippen molar-refractivity contribution in [3.8, 4) is 11.5 Å². The number of benzene rings is 3. The van der Waals surface area contributed by atoms with Crippen LogP contribution >= 0.6 is 11.8 Å². The van der Waals surface area contributed by atoms with Gasteiger partial charge in [-0.3, -0.25) is 9.59 Å². The zero-order chi connectivity index (χ0) is 26.5. The summed E-state index contributed by atoms with van der Waals surface area (Å²) in [5, 5.41) is 10.9. The van der Waals surface area contributed by atoms with E-state index in [1.807, 2.05) is 24.3 Å². The molecule has 1 N–H and O–H groups in total. The zero-order valence-corrected chi connectivity index (χ0v) is 21.0. The van der Waals surface area contributed by atoms with Gasteiger partial charge in [0.2, 0.25) is 11.8 Å². The monoisotopic (exact) mass is 535 g/mol. The fraction of sp³-hybridized carbons (Fsp3) is 0.185. The van der Waals surface area contributed by atoms with Crippen LogP contribution in [0.4, 0.5) is 20.2 Å². The molecule has 0 radical (unpaired) electrons. The maximum Gasteiger partial charge on any atom is 0.277 e. The van der Waals surface area contributed by atoms with Gasteiger partial charge < -0.3 is 19.5 Å². The van der Waals surface area contributed by atoms with E-state index in [0.29, 0.717) is 43.0 Å². The number of hydrogen-bond donors (Lipinski definition) is 1. The first-order valence-electron chi connectivity index (χ1n) is 11.9. The lowest BCUT2D eigenvalue weighted by atomic mass is 10.1. The largest absolute Gasteiger partial charge is 0.411 e. The van der Waals surface area contributed by atoms with Crippen molar-refractivity contribution in [1.29, 1.82) is 0 Å². The van der Waals surface area contributed by atoms with Gasteiger partial charge >= 0.3 is 0 Å². The van der Waals surface area contributed by atoms with E-state index in [4.69, 9.17) is 4.42 Å². The maximum atomic E-state index is 13.5. The lowest BCUT2D eigenvalue weighted by molar-refractivity contribution is -0.113. The van der Waals surface area contributed by atoms with Crippen LogP contribution in [0, 0.1) is 11.6 Å². The molecule has 2 heterocycles. The minimum Gasteiger partial charge on any atom is -0.411 e. The predicted octanol–water partition coefficient (Wildman–Crippen LogP) is 4.71. The van der Waals surface area contributed by atoms with Crippen LogP contribution in [0.3, 0.4) is 0 Å². The number of carbonyl (C=O) groups excluding carboxylic acids is 2. The number of anilines is 2. The highest BCUT2D eigenvalue weighted by molar-refractivity contribution is 7.99. The number of rotatable bonds is 7. The third-order valence-corrected chi connectivity index (χ3v) is 6.80. The molecule has 3 aromatic carbocycles. The third-order valence-electron chi connectivity index (χ3n) is 5.98. The van der Waals surface area contributed by atoms with Crippen LogP contribution in [-0.4, -0.2) is 58.8 Å². The molecule has 1 fully saturated rings. The molecule has 194 valence electrons. The third kappa shape index (κ3) is 6.17. The molecule has 2 amide bonds. The normalized spacial score (nSPS) is 13.4. The van der Waals surface area contributed by atoms with Crippen LogP contribution in [-0.2, 0) is 4.79 Å². The van der Waals surface area contributed by atoms with Crippen molar-refractivity contribution < 1.29 is 22.8 Å². The molecule has 0 saturated carbocycles. The summed E-state index contributed by atoms with van der Waals surface area (Å²) in [5.74, 6) is -0.854. The molecule has 0 atom stereocenters. The Morgan fingerprint density at radius 2 is 1.63 bits per heavy atom. The second-order valence-electron chi connectivity index (χ2n) is 8.55. The van der Waals surface area contributed by atoms with Crippen LogP contribution in [0.15, 0.2) is 82.4 Å². The summed E-state index contributed by atoms with van der Waals surface area (Å²) in [6.45, 7) is 2.36. The quantitative estimate of drug-likeness (QED) is 0.343. The van der Waals surface area contributed by atoms with Crippen molar-refractivity contribution in [3.63, 3.8) is 0 Å². The van der Waals surface area contributed by atoms with Gasteiger partial charge in [0.15, 0.2) is 0 Å². The molecular weight excluding hydrogens is 512 g/mol. The number of aromatic nitrogens is 2. The summed E-state index contributed by atoms with van der Waals surface area (Å²) in [6.07, 6.45) is 0. The summed E-state index contributed by atoms with van der Waals surface area (Å²) in [7, 11) is 0. The zero-order valence-electron chi connectivity index (χ0n) is 20.1. The Balaban J connectivity index is 1.09. The van der Waals surface area contributed by atoms with Crippen LogP contribution in [0.5, 0.6) is 0 Å². The number of thioether (sulfide) groups is 1. The van der Waals surface area contributed by atoms with Crippen molar-refractivity contribution in [2.24, 2.45) is 0 Å². The molecule has 38 heavy (non-hydrogen) atoms. The molecule has 5 rings (SSSR count). The topological polar surface area (TPSA) is 91.6 Å². The minimum absolute atomic E-state index is 0.0775. The summed E-state index contributed by atoms with van der Waals surface area (Å²) in [5.41, 5.74) is 2.57. The first kappa shape index (κ1) is 25.4. The Kier molecular flexibility index (Phi) is 7.64. The fourth-order valence-electron chi connectivity index (χ4n) is 4.03. The van der Waals surface area contributed by atoms with Gasteiger partial charge in [-0.1, -0.05) is 17.8 Å². The van der Waals surface area contributed by atoms with E-state index in [1.165, 1.54) is 30.3 Å². The molecule has 0 bridgehead atoms. The molecule has 1 aromatic heterocycles. The average Bonchev–Trinajstić information content (AvgIpc) is 3.42. The van der Waals surface area contributed by atoms with E-state index in [-0.39, 0.29) is 34.5 Å². The molecule has 0 unspecified atom stereocenters. The van der Waals surface area contributed by atoms with Crippen molar-refractivity contribution in [2.75, 3.05) is 42.1 Å². The van der Waals surface area contributed by atoms with E-state index < -0.39 is 5.82 Å². The molecule has 1 aliphatic rings. The number of piperazine rings is 1. The molecule has 4 aromatic rings. The second-order valence-corrected chi connectivity index (χ2v) is 9.48. The fourth-order valence-corrected chi connectivity index (χ4v) is 4.59. The number of nitrogens with one attached hydrogen (secondary N) is 1. The molecule has 1 saturated heterocycles. The SMILES string of the molecule is O=C(CSc1nnc(-c2ccc(F)cc2)o1)Nc1ccc(N2CCN(C(=O)c3cccc(F)c3)CC2)cc1. The van der Waals surface area contributed by atoms with E-state index in [2.05, 4.69) is 20.4 Å². The average molecular weight is 536 g/mol. The van der Waals surface area contributed by atoms with E-state index in [1.54, 1.807) is 23.1 Å². The van der Waals surface area contributed by atoms with Crippen LogP contribution in [0.25, 0.3) is 11.5 Å². The van der Waals surface area contributed by atoms with Gasteiger partial charge in [0.25, 0.3) is 11.1 Å². The molecular formula is C27H23F2N5O3S. The van der Waals surface area contributed by atoms with E-state index >= 15 is 0 Å². The lowest BCUT2D eigenvalue weighted by Crippen LogP contribution is -2.48. The van der Waals surface area contributed by atoms with Crippen molar-refractivity contribution in [1.82, 2.24) is 15.1 Å². The summed E-state index contributed by atoms with van der Waals surface area (Å²) in [6, 6.07) is 18.9. The minimum atomic E-state index is -0.425. The Morgan fingerprint density at radius 1 is 0.895 bits per heavy atom. The smallest absolute Gasteiger partial charge is 0.277 e. The highest BCUT2D eigenvalue weighted by Gasteiger charge is 2.22. The standard InChI is InChI=1S/C27H23F2N5O3S/c28-20-6-4-18(5-7-20)25-31-32-27(37-25)38-17-24(35)30-22-8-10-23(11-9-22)33-12-14-34(15-13-33)26(36)19-2-1-3-21(29)16-19/h1-11,16H,12-15,17H2,(H,30,35). The number of halogens is 2. The highest BCUT2D eigenvalue weighted by atomic mass is 32.2. The number of hydrogen-bond acceptors (Lipinski definition) is 7. The number of carbonyl (C=O) groups is 2. The van der Waals surface area contributed by atoms with Gasteiger partial charge in [-0.05, 0) is 66.7 Å². The van der Waals surface area contributed by atoms with Gasteiger partial charge in [-0.25, -0.2) is 8.78 Å². The second kappa shape index (κ2) is 11.4. The molecule has 0 aliphatic carbocycles. The van der Waals surface area contributed by atoms with Gasteiger partial charge in [-0.15, -0.1) is 10.2 Å². The van der Waals surface area contributed by atoms with Crippen LogP contribution in [0.1, 0.15) is 10.4 Å². The van der Waals surface area contributed by atoms with Crippen LogP contribution in [0.2, 0.25) is 0 Å². The van der Waals surface area contributed by atoms with Crippen LogP contribution < -0.4 is 10.2 Å². The Hall–Kier alpha value is -4.25. The summed E-state index contributed by atoms with van der Waals surface area (Å²) in [4.78, 5) is 28.9. The summed E-state index contributed by atoms with van der Waals surface area (Å²) >= 11 is 1.11. The Labute approximate surface area is 221 Å².